The maximum atomic E-state index is 12.7. The molecule has 0 fully saturated rings. The minimum Gasteiger partial charge on any atom is -0.497 e. The summed E-state index contributed by atoms with van der Waals surface area (Å²) in [5, 5.41) is 13.1. The molecule has 0 unspecified atom stereocenters. The number of fused-ring (bicyclic) bond motifs is 1. The van der Waals surface area contributed by atoms with Crippen LogP contribution in [0.25, 0.3) is 10.8 Å². The highest BCUT2D eigenvalue weighted by atomic mass is 16.6. The van der Waals surface area contributed by atoms with E-state index in [0.29, 0.717) is 17.7 Å². The monoisotopic (exact) mass is 364 g/mol. The maximum Gasteiger partial charge on any atom is 0.272 e. The fourth-order valence-corrected chi connectivity index (χ4v) is 3.06. The first-order chi connectivity index (χ1) is 12.9. The molecule has 0 radical (unpaired) electrons. The number of rotatable bonds is 5. The van der Waals surface area contributed by atoms with Crippen LogP contribution >= 0.6 is 0 Å². The number of amides is 1. The topological polar surface area (TPSA) is 72.7 Å². The zero-order chi connectivity index (χ0) is 19.6. The lowest BCUT2D eigenvalue weighted by molar-refractivity contribution is -0.385. The zero-order valence-electron chi connectivity index (χ0n) is 15.4. The van der Waals surface area contributed by atoms with Crippen molar-refractivity contribution in [1.82, 2.24) is 4.90 Å². The van der Waals surface area contributed by atoms with Gasteiger partial charge in [0.15, 0.2) is 0 Å². The van der Waals surface area contributed by atoms with E-state index in [1.54, 1.807) is 32.0 Å². The highest BCUT2D eigenvalue weighted by Crippen LogP contribution is 2.23. The van der Waals surface area contributed by atoms with Gasteiger partial charge in [0.2, 0.25) is 0 Å². The third-order valence-electron chi connectivity index (χ3n) is 4.52. The van der Waals surface area contributed by atoms with Crippen molar-refractivity contribution < 1.29 is 14.5 Å². The molecule has 3 rings (SSSR count). The number of carbonyl (C=O) groups is 1. The number of nitro groups is 1. The van der Waals surface area contributed by atoms with Gasteiger partial charge in [0.05, 0.1) is 12.0 Å². The average Bonchev–Trinajstić information content (AvgIpc) is 2.66. The van der Waals surface area contributed by atoms with Crippen molar-refractivity contribution in [2.45, 2.75) is 13.5 Å². The highest BCUT2D eigenvalue weighted by Gasteiger charge is 2.17. The molecule has 3 aromatic carbocycles. The molecule has 0 aliphatic rings. The first-order valence-corrected chi connectivity index (χ1v) is 8.46. The summed E-state index contributed by atoms with van der Waals surface area (Å²) in [4.78, 5) is 24.8. The summed E-state index contributed by atoms with van der Waals surface area (Å²) < 4.78 is 5.24. The Labute approximate surface area is 157 Å². The van der Waals surface area contributed by atoms with Gasteiger partial charge in [-0.25, -0.2) is 0 Å². The van der Waals surface area contributed by atoms with Crippen LogP contribution in [0.3, 0.4) is 0 Å². The predicted molar refractivity (Wildman–Crippen MR) is 104 cm³/mol. The highest BCUT2D eigenvalue weighted by molar-refractivity contribution is 5.94. The molecule has 0 atom stereocenters. The van der Waals surface area contributed by atoms with Crippen LogP contribution in [0.5, 0.6) is 5.75 Å². The number of nitro benzene ring substituents is 1. The van der Waals surface area contributed by atoms with Gasteiger partial charge in [-0.1, -0.05) is 18.2 Å². The standard InChI is InChI=1S/C21H20N2O4/c1-14-10-18(7-9-20(14)23(25)26)21(24)22(2)13-15-4-5-17-12-19(27-3)8-6-16(17)11-15/h4-12H,13H2,1-3H3. The second-order valence-corrected chi connectivity index (χ2v) is 6.47. The summed E-state index contributed by atoms with van der Waals surface area (Å²) in [6.45, 7) is 2.07. The van der Waals surface area contributed by atoms with E-state index >= 15 is 0 Å². The van der Waals surface area contributed by atoms with Gasteiger partial charge in [-0.15, -0.1) is 0 Å². The molecule has 1 amide bonds. The van der Waals surface area contributed by atoms with Gasteiger partial charge in [0, 0.05) is 30.8 Å². The van der Waals surface area contributed by atoms with Crippen molar-refractivity contribution in [1.29, 1.82) is 0 Å². The maximum absolute atomic E-state index is 12.7. The lowest BCUT2D eigenvalue weighted by Crippen LogP contribution is -2.26. The molecule has 0 saturated heterocycles. The molecule has 3 aromatic rings. The quantitative estimate of drug-likeness (QED) is 0.499. The summed E-state index contributed by atoms with van der Waals surface area (Å²) in [5.41, 5.74) is 1.92. The third kappa shape index (κ3) is 3.89. The van der Waals surface area contributed by atoms with Crippen LogP contribution in [0.2, 0.25) is 0 Å². The number of hydrogen-bond donors (Lipinski definition) is 0. The predicted octanol–water partition coefficient (Wildman–Crippen LogP) is 4.34. The summed E-state index contributed by atoms with van der Waals surface area (Å²) in [5.74, 6) is 0.624. The van der Waals surface area contributed by atoms with E-state index in [0.717, 1.165) is 22.1 Å². The van der Waals surface area contributed by atoms with Crippen LogP contribution in [0.1, 0.15) is 21.5 Å². The molecule has 0 aliphatic carbocycles. The Hall–Kier alpha value is -3.41. The van der Waals surface area contributed by atoms with Crippen LogP contribution in [0.15, 0.2) is 54.6 Å². The molecule has 0 bridgehead atoms. The Morgan fingerprint density at radius 2 is 1.78 bits per heavy atom. The normalized spacial score (nSPS) is 10.6. The molecule has 0 heterocycles. The number of carbonyl (C=O) groups excluding carboxylic acids is 1. The van der Waals surface area contributed by atoms with Gasteiger partial charge in [-0.05, 0) is 53.6 Å². The number of hydrogen-bond acceptors (Lipinski definition) is 4. The van der Waals surface area contributed by atoms with E-state index in [-0.39, 0.29) is 11.6 Å². The van der Waals surface area contributed by atoms with E-state index in [1.807, 2.05) is 36.4 Å². The van der Waals surface area contributed by atoms with Crippen molar-refractivity contribution in [2.24, 2.45) is 0 Å². The van der Waals surface area contributed by atoms with Crippen molar-refractivity contribution >= 4 is 22.4 Å². The Kier molecular flexibility index (Phi) is 5.07. The molecular weight excluding hydrogens is 344 g/mol. The van der Waals surface area contributed by atoms with Gasteiger partial charge >= 0.3 is 0 Å². The third-order valence-corrected chi connectivity index (χ3v) is 4.52. The van der Waals surface area contributed by atoms with Gasteiger partial charge in [0.25, 0.3) is 11.6 Å². The molecule has 0 aliphatic heterocycles. The van der Waals surface area contributed by atoms with E-state index in [4.69, 9.17) is 4.74 Å². The Morgan fingerprint density at radius 3 is 2.44 bits per heavy atom. The summed E-state index contributed by atoms with van der Waals surface area (Å²) in [6.07, 6.45) is 0. The van der Waals surface area contributed by atoms with Crippen LogP contribution in [0.4, 0.5) is 5.69 Å². The van der Waals surface area contributed by atoms with E-state index in [9.17, 15) is 14.9 Å². The fraction of sp³-hybridized carbons (Fsp3) is 0.190. The number of nitrogens with zero attached hydrogens (tertiary/aromatic N) is 2. The van der Waals surface area contributed by atoms with Crippen molar-refractivity contribution in [3.63, 3.8) is 0 Å². The van der Waals surface area contributed by atoms with E-state index in [1.165, 1.54) is 12.1 Å². The van der Waals surface area contributed by atoms with Crippen LogP contribution in [-0.2, 0) is 6.54 Å². The van der Waals surface area contributed by atoms with E-state index in [2.05, 4.69) is 0 Å². The fourth-order valence-electron chi connectivity index (χ4n) is 3.06. The van der Waals surface area contributed by atoms with Gasteiger partial charge in [0.1, 0.15) is 5.75 Å². The first kappa shape index (κ1) is 18.4. The number of benzene rings is 3. The summed E-state index contributed by atoms with van der Waals surface area (Å²) >= 11 is 0. The zero-order valence-corrected chi connectivity index (χ0v) is 15.4. The molecule has 0 aromatic heterocycles. The number of methoxy groups -OCH3 is 1. The molecule has 0 spiro atoms. The molecule has 138 valence electrons. The Balaban J connectivity index is 1.79. The van der Waals surface area contributed by atoms with Gasteiger partial charge in [-0.3, -0.25) is 14.9 Å². The van der Waals surface area contributed by atoms with Gasteiger partial charge < -0.3 is 9.64 Å². The second kappa shape index (κ2) is 7.45. The lowest BCUT2D eigenvalue weighted by atomic mass is 10.1. The minimum absolute atomic E-state index is 0.0131. The van der Waals surface area contributed by atoms with E-state index < -0.39 is 4.92 Å². The number of ether oxygens (including phenoxy) is 1. The summed E-state index contributed by atoms with van der Waals surface area (Å²) in [7, 11) is 3.35. The molecule has 0 N–H and O–H groups in total. The van der Waals surface area contributed by atoms with Crippen molar-refractivity contribution in [3.8, 4) is 5.75 Å². The van der Waals surface area contributed by atoms with Crippen molar-refractivity contribution in [3.05, 3.63) is 81.4 Å². The lowest BCUT2D eigenvalue weighted by Gasteiger charge is -2.18. The molecular formula is C21H20N2O4. The molecule has 6 heteroatoms. The minimum atomic E-state index is -0.447. The SMILES string of the molecule is COc1ccc2cc(CN(C)C(=O)c3ccc([N+](=O)[O-])c(C)c3)ccc2c1. The number of aryl methyl sites for hydroxylation is 1. The second-order valence-electron chi connectivity index (χ2n) is 6.47. The van der Waals surface area contributed by atoms with Crippen LogP contribution in [-0.4, -0.2) is 29.9 Å². The molecule has 6 nitrogen and oxygen atoms in total. The molecule has 27 heavy (non-hydrogen) atoms. The first-order valence-electron chi connectivity index (χ1n) is 8.46. The van der Waals surface area contributed by atoms with Crippen LogP contribution < -0.4 is 4.74 Å². The van der Waals surface area contributed by atoms with Crippen molar-refractivity contribution in [2.75, 3.05) is 14.2 Å². The largest absolute Gasteiger partial charge is 0.497 e. The smallest absolute Gasteiger partial charge is 0.272 e. The average molecular weight is 364 g/mol. The Bertz CT molecular complexity index is 1030. The molecule has 0 saturated carbocycles. The summed E-state index contributed by atoms with van der Waals surface area (Å²) in [6, 6.07) is 16.3. The van der Waals surface area contributed by atoms with Crippen LogP contribution in [0, 0.1) is 17.0 Å². The van der Waals surface area contributed by atoms with Gasteiger partial charge in [-0.2, -0.15) is 0 Å². The Morgan fingerprint density at radius 1 is 1.07 bits per heavy atom.